The van der Waals surface area contributed by atoms with Crippen molar-refractivity contribution in [3.8, 4) is 0 Å². The number of nitrogens with one attached hydrogen (secondary N) is 1. The normalized spacial score (nSPS) is 25.1. The van der Waals surface area contributed by atoms with Gasteiger partial charge in [0.2, 0.25) is 0 Å². The molecule has 2 atom stereocenters. The molecule has 21 heavy (non-hydrogen) atoms. The van der Waals surface area contributed by atoms with Gasteiger partial charge in [-0.05, 0) is 37.8 Å². The number of ether oxygens (including phenoxy) is 2. The third kappa shape index (κ3) is 3.61. The average molecular weight is 289 g/mol. The number of carbonyl (C=O) groups is 2. The van der Waals surface area contributed by atoms with Crippen LogP contribution in [0.5, 0.6) is 0 Å². The minimum Gasteiger partial charge on any atom is -0.460 e. The third-order valence-corrected chi connectivity index (χ3v) is 3.86. The molecule has 2 aliphatic rings. The number of benzene rings is 1. The lowest BCUT2D eigenvalue weighted by Gasteiger charge is -2.21. The Morgan fingerprint density at radius 2 is 1.76 bits per heavy atom. The number of para-hydroxylation sites is 1. The standard InChI is InChI=1S/C16H19NO4/c18-15(17-11-7-3-1-4-8-11)13-14(21-13)16(19)20-12-9-5-2-6-10-12/h1,3-4,7-8,12-14H,2,5-6,9-10H2,(H,17,18). The van der Waals surface area contributed by atoms with Crippen molar-refractivity contribution in [2.45, 2.75) is 50.4 Å². The lowest BCUT2D eigenvalue weighted by atomic mass is 9.98. The Morgan fingerprint density at radius 1 is 1.05 bits per heavy atom. The largest absolute Gasteiger partial charge is 0.460 e. The van der Waals surface area contributed by atoms with E-state index < -0.39 is 18.2 Å². The number of rotatable bonds is 4. The van der Waals surface area contributed by atoms with Crippen LogP contribution in [-0.2, 0) is 19.1 Å². The van der Waals surface area contributed by atoms with Crippen LogP contribution in [0, 0.1) is 0 Å². The number of anilines is 1. The summed E-state index contributed by atoms with van der Waals surface area (Å²) in [6.07, 6.45) is 3.77. The molecule has 0 bridgehead atoms. The van der Waals surface area contributed by atoms with Crippen molar-refractivity contribution in [3.63, 3.8) is 0 Å². The van der Waals surface area contributed by atoms with Crippen molar-refractivity contribution in [1.29, 1.82) is 0 Å². The van der Waals surface area contributed by atoms with E-state index in [9.17, 15) is 9.59 Å². The van der Waals surface area contributed by atoms with Crippen molar-refractivity contribution in [1.82, 2.24) is 0 Å². The smallest absolute Gasteiger partial charge is 0.338 e. The van der Waals surface area contributed by atoms with Gasteiger partial charge in [-0.25, -0.2) is 4.79 Å². The molecule has 2 fully saturated rings. The molecule has 5 heteroatoms. The van der Waals surface area contributed by atoms with E-state index in [2.05, 4.69) is 5.32 Å². The Morgan fingerprint density at radius 3 is 2.48 bits per heavy atom. The molecule has 1 aromatic rings. The second-order valence-corrected chi connectivity index (χ2v) is 5.53. The van der Waals surface area contributed by atoms with E-state index in [1.807, 2.05) is 18.2 Å². The predicted molar refractivity (Wildman–Crippen MR) is 76.7 cm³/mol. The van der Waals surface area contributed by atoms with E-state index in [-0.39, 0.29) is 12.0 Å². The highest BCUT2D eigenvalue weighted by molar-refractivity contribution is 6.00. The first kappa shape index (κ1) is 14.1. The number of epoxide rings is 1. The van der Waals surface area contributed by atoms with Crippen molar-refractivity contribution < 1.29 is 19.1 Å². The van der Waals surface area contributed by atoms with Gasteiger partial charge in [0.15, 0.2) is 12.2 Å². The van der Waals surface area contributed by atoms with Gasteiger partial charge in [-0.15, -0.1) is 0 Å². The first-order chi connectivity index (χ1) is 10.2. The van der Waals surface area contributed by atoms with Gasteiger partial charge < -0.3 is 14.8 Å². The molecule has 1 N–H and O–H groups in total. The van der Waals surface area contributed by atoms with Crippen molar-refractivity contribution in [2.75, 3.05) is 5.32 Å². The lowest BCUT2D eigenvalue weighted by Crippen LogP contribution is -2.27. The molecule has 112 valence electrons. The maximum absolute atomic E-state index is 11.9. The van der Waals surface area contributed by atoms with Crippen LogP contribution in [0.4, 0.5) is 5.69 Å². The van der Waals surface area contributed by atoms with E-state index in [0.717, 1.165) is 25.7 Å². The summed E-state index contributed by atoms with van der Waals surface area (Å²) in [4.78, 5) is 23.9. The molecule has 1 saturated heterocycles. The molecule has 1 amide bonds. The maximum Gasteiger partial charge on any atom is 0.338 e. The first-order valence-electron chi connectivity index (χ1n) is 7.46. The van der Waals surface area contributed by atoms with Crippen LogP contribution in [0.1, 0.15) is 32.1 Å². The molecule has 0 radical (unpaired) electrons. The average Bonchev–Trinajstić information content (AvgIpc) is 3.30. The Hall–Kier alpha value is -1.88. The molecule has 1 saturated carbocycles. The molecule has 1 aromatic carbocycles. The van der Waals surface area contributed by atoms with Gasteiger partial charge in [0.1, 0.15) is 6.10 Å². The Kier molecular flexibility index (Phi) is 4.20. The summed E-state index contributed by atoms with van der Waals surface area (Å²) in [5.74, 6) is -0.707. The van der Waals surface area contributed by atoms with Crippen LogP contribution < -0.4 is 5.32 Å². The highest BCUT2D eigenvalue weighted by atomic mass is 16.6. The fraction of sp³-hybridized carbons (Fsp3) is 0.500. The van der Waals surface area contributed by atoms with Gasteiger partial charge in [-0.2, -0.15) is 0 Å². The molecule has 5 nitrogen and oxygen atoms in total. The van der Waals surface area contributed by atoms with E-state index in [1.54, 1.807) is 12.1 Å². The number of amides is 1. The summed E-state index contributed by atoms with van der Waals surface area (Å²) < 4.78 is 10.6. The Balaban J connectivity index is 1.46. The van der Waals surface area contributed by atoms with Crippen LogP contribution in [-0.4, -0.2) is 30.2 Å². The molecular weight excluding hydrogens is 270 g/mol. The monoisotopic (exact) mass is 289 g/mol. The number of hydrogen-bond donors (Lipinski definition) is 1. The molecule has 1 aliphatic heterocycles. The van der Waals surface area contributed by atoms with E-state index in [0.29, 0.717) is 5.69 Å². The zero-order valence-corrected chi connectivity index (χ0v) is 11.8. The molecule has 2 unspecified atom stereocenters. The van der Waals surface area contributed by atoms with Gasteiger partial charge in [0.25, 0.3) is 5.91 Å². The van der Waals surface area contributed by atoms with E-state index >= 15 is 0 Å². The second-order valence-electron chi connectivity index (χ2n) is 5.53. The first-order valence-corrected chi connectivity index (χ1v) is 7.46. The fourth-order valence-corrected chi connectivity index (χ4v) is 2.64. The topological polar surface area (TPSA) is 67.9 Å². The quantitative estimate of drug-likeness (QED) is 0.682. The fourth-order valence-electron chi connectivity index (χ4n) is 2.64. The maximum atomic E-state index is 11.9. The van der Waals surface area contributed by atoms with Crippen LogP contribution in [0.25, 0.3) is 0 Å². The molecular formula is C16H19NO4. The highest BCUT2D eigenvalue weighted by Gasteiger charge is 2.52. The van der Waals surface area contributed by atoms with Gasteiger partial charge in [0, 0.05) is 5.69 Å². The summed E-state index contributed by atoms with van der Waals surface area (Å²) in [6, 6.07) is 9.11. The van der Waals surface area contributed by atoms with Crippen LogP contribution in [0.3, 0.4) is 0 Å². The number of esters is 1. The lowest BCUT2D eigenvalue weighted by molar-refractivity contribution is -0.152. The van der Waals surface area contributed by atoms with E-state index in [4.69, 9.17) is 9.47 Å². The second kappa shape index (κ2) is 6.26. The summed E-state index contributed by atoms with van der Waals surface area (Å²) in [6.45, 7) is 0. The summed E-state index contributed by atoms with van der Waals surface area (Å²) >= 11 is 0. The predicted octanol–water partition coefficient (Wildman–Crippen LogP) is 2.27. The molecule has 1 aliphatic carbocycles. The van der Waals surface area contributed by atoms with Crippen LogP contribution in [0.2, 0.25) is 0 Å². The van der Waals surface area contributed by atoms with Crippen LogP contribution in [0.15, 0.2) is 30.3 Å². The van der Waals surface area contributed by atoms with Crippen molar-refractivity contribution >= 4 is 17.6 Å². The van der Waals surface area contributed by atoms with Crippen molar-refractivity contribution in [2.24, 2.45) is 0 Å². The molecule has 3 rings (SSSR count). The van der Waals surface area contributed by atoms with Gasteiger partial charge in [0.05, 0.1) is 0 Å². The molecule has 1 heterocycles. The van der Waals surface area contributed by atoms with Gasteiger partial charge in [-0.3, -0.25) is 4.79 Å². The summed E-state index contributed by atoms with van der Waals surface area (Å²) in [5, 5.41) is 2.72. The van der Waals surface area contributed by atoms with Gasteiger partial charge >= 0.3 is 5.97 Å². The summed E-state index contributed by atoms with van der Waals surface area (Å²) in [5.41, 5.74) is 0.692. The van der Waals surface area contributed by atoms with Gasteiger partial charge in [-0.1, -0.05) is 24.6 Å². The molecule has 0 aromatic heterocycles. The Labute approximate surface area is 123 Å². The zero-order chi connectivity index (χ0) is 14.7. The third-order valence-electron chi connectivity index (χ3n) is 3.86. The number of hydrogen-bond acceptors (Lipinski definition) is 4. The van der Waals surface area contributed by atoms with E-state index in [1.165, 1.54) is 6.42 Å². The minimum absolute atomic E-state index is 0.00622. The molecule has 0 spiro atoms. The van der Waals surface area contributed by atoms with Crippen molar-refractivity contribution in [3.05, 3.63) is 30.3 Å². The number of carbonyl (C=O) groups excluding carboxylic acids is 2. The minimum atomic E-state index is -0.740. The zero-order valence-electron chi connectivity index (χ0n) is 11.8. The summed E-state index contributed by atoms with van der Waals surface area (Å²) in [7, 11) is 0. The Bertz CT molecular complexity index is 510. The van der Waals surface area contributed by atoms with Crippen LogP contribution >= 0.6 is 0 Å². The highest BCUT2D eigenvalue weighted by Crippen LogP contribution is 2.28. The SMILES string of the molecule is O=C(Nc1ccccc1)C1OC1C(=O)OC1CCCCC1.